The third-order valence-electron chi connectivity index (χ3n) is 4.04. The minimum absolute atomic E-state index is 0.656. The minimum Gasteiger partial charge on any atom is -0.494 e. The van der Waals surface area contributed by atoms with E-state index in [2.05, 4.69) is 50.6 Å². The van der Waals surface area contributed by atoms with Gasteiger partial charge in [-0.25, -0.2) is 0 Å². The molecule has 118 valence electrons. The average Bonchev–Trinajstić information content (AvgIpc) is 3.07. The van der Waals surface area contributed by atoms with E-state index in [0.29, 0.717) is 5.65 Å². The Morgan fingerprint density at radius 3 is 3.04 bits per heavy atom. The summed E-state index contributed by atoms with van der Waals surface area (Å²) < 4.78 is 7.19. The smallest absolute Gasteiger partial charge is 0.200 e. The van der Waals surface area contributed by atoms with Crippen molar-refractivity contribution in [2.24, 2.45) is 0 Å². The summed E-state index contributed by atoms with van der Waals surface area (Å²) in [7, 11) is 0. The van der Waals surface area contributed by atoms with Crippen molar-refractivity contribution in [3.63, 3.8) is 0 Å². The van der Waals surface area contributed by atoms with Gasteiger partial charge in [0, 0.05) is 13.1 Å². The Kier molecular flexibility index (Phi) is 3.53. The highest BCUT2D eigenvalue weighted by Crippen LogP contribution is 2.26. The summed E-state index contributed by atoms with van der Waals surface area (Å²) in [6, 6.07) is 10.2. The van der Waals surface area contributed by atoms with Crippen molar-refractivity contribution < 1.29 is 4.74 Å². The van der Waals surface area contributed by atoms with Gasteiger partial charge in [0.05, 0.1) is 6.61 Å². The van der Waals surface area contributed by atoms with Crippen LogP contribution in [0, 0.1) is 0 Å². The van der Waals surface area contributed by atoms with Crippen LogP contribution >= 0.6 is 0 Å². The van der Waals surface area contributed by atoms with Gasteiger partial charge in [-0.1, -0.05) is 13.0 Å². The molecule has 3 heterocycles. The summed E-state index contributed by atoms with van der Waals surface area (Å²) in [5.41, 5.74) is 3.33. The Morgan fingerprint density at radius 1 is 1.17 bits per heavy atom. The van der Waals surface area contributed by atoms with Crippen LogP contribution in [-0.4, -0.2) is 38.4 Å². The molecule has 0 spiro atoms. The standard InChI is InChI=1S/C16H18N6O/c1-2-9-23-14-4-3-13-11-21(8-7-12(13)10-14)16-6-5-15-17-19-20-22(15)18-16/h3-6,10H,2,7-9,11H2,1H3. The van der Waals surface area contributed by atoms with Crippen LogP contribution < -0.4 is 9.64 Å². The van der Waals surface area contributed by atoms with Crippen LogP contribution in [0.1, 0.15) is 24.5 Å². The number of nitrogens with zero attached hydrogens (tertiary/aromatic N) is 6. The van der Waals surface area contributed by atoms with Gasteiger partial charge in [-0.3, -0.25) is 0 Å². The van der Waals surface area contributed by atoms with Crippen molar-refractivity contribution >= 4 is 11.5 Å². The largest absolute Gasteiger partial charge is 0.494 e. The molecule has 0 amide bonds. The fourth-order valence-electron chi connectivity index (χ4n) is 2.84. The maximum Gasteiger partial charge on any atom is 0.200 e. The summed E-state index contributed by atoms with van der Waals surface area (Å²) in [6.45, 7) is 4.64. The van der Waals surface area contributed by atoms with Gasteiger partial charge in [-0.15, -0.1) is 14.8 Å². The monoisotopic (exact) mass is 310 g/mol. The molecule has 0 fully saturated rings. The van der Waals surface area contributed by atoms with E-state index in [1.54, 1.807) is 0 Å². The summed E-state index contributed by atoms with van der Waals surface area (Å²) in [4.78, 5) is 2.25. The van der Waals surface area contributed by atoms with Crippen LogP contribution in [0.3, 0.4) is 0 Å². The average molecular weight is 310 g/mol. The topological polar surface area (TPSA) is 68.4 Å². The van der Waals surface area contributed by atoms with E-state index in [1.165, 1.54) is 15.8 Å². The van der Waals surface area contributed by atoms with Crippen molar-refractivity contribution in [3.05, 3.63) is 41.5 Å². The minimum atomic E-state index is 0.656. The van der Waals surface area contributed by atoms with Gasteiger partial charge in [-0.2, -0.15) is 0 Å². The molecule has 3 aromatic rings. The van der Waals surface area contributed by atoms with Crippen molar-refractivity contribution in [3.8, 4) is 5.75 Å². The summed E-state index contributed by atoms with van der Waals surface area (Å²) in [5.74, 6) is 1.86. The third-order valence-corrected chi connectivity index (χ3v) is 4.04. The van der Waals surface area contributed by atoms with E-state index in [-0.39, 0.29) is 0 Å². The Balaban J connectivity index is 1.56. The van der Waals surface area contributed by atoms with Crippen molar-refractivity contribution in [2.75, 3.05) is 18.1 Å². The molecule has 0 atom stereocenters. The molecule has 0 aliphatic carbocycles. The number of fused-ring (bicyclic) bond motifs is 2. The predicted molar refractivity (Wildman–Crippen MR) is 85.6 cm³/mol. The summed E-state index contributed by atoms with van der Waals surface area (Å²) in [6.07, 6.45) is 2.00. The second-order valence-corrected chi connectivity index (χ2v) is 5.67. The Morgan fingerprint density at radius 2 is 2.13 bits per heavy atom. The maximum atomic E-state index is 5.72. The quantitative estimate of drug-likeness (QED) is 0.733. The molecule has 0 N–H and O–H groups in total. The maximum absolute atomic E-state index is 5.72. The van der Waals surface area contributed by atoms with Gasteiger partial charge in [0.2, 0.25) is 0 Å². The van der Waals surface area contributed by atoms with Gasteiger partial charge in [0.25, 0.3) is 0 Å². The Hall–Kier alpha value is -2.70. The number of hydrogen-bond acceptors (Lipinski definition) is 6. The normalized spacial score (nSPS) is 14.0. The molecular formula is C16H18N6O. The SMILES string of the molecule is CCCOc1ccc2c(c1)CCN(c1ccc3nnnn3n1)C2. The van der Waals surface area contributed by atoms with Crippen LogP contribution in [-0.2, 0) is 13.0 Å². The zero-order chi connectivity index (χ0) is 15.6. The predicted octanol–water partition coefficient (Wildman–Crippen LogP) is 1.87. The molecule has 7 heteroatoms. The van der Waals surface area contributed by atoms with Crippen molar-refractivity contribution in [1.82, 2.24) is 25.3 Å². The van der Waals surface area contributed by atoms with Crippen LogP contribution in [0.15, 0.2) is 30.3 Å². The fourth-order valence-corrected chi connectivity index (χ4v) is 2.84. The molecular weight excluding hydrogens is 292 g/mol. The number of anilines is 1. The summed E-state index contributed by atoms with van der Waals surface area (Å²) >= 11 is 0. The zero-order valence-corrected chi connectivity index (χ0v) is 13.0. The van der Waals surface area contributed by atoms with Crippen LogP contribution in [0.4, 0.5) is 5.82 Å². The van der Waals surface area contributed by atoms with Crippen molar-refractivity contribution in [1.29, 1.82) is 0 Å². The Labute approximate surface area is 133 Å². The molecule has 0 radical (unpaired) electrons. The molecule has 23 heavy (non-hydrogen) atoms. The molecule has 1 aliphatic rings. The van der Waals surface area contributed by atoms with Gasteiger partial charge >= 0.3 is 0 Å². The van der Waals surface area contributed by atoms with Gasteiger partial charge in [-0.05, 0) is 58.7 Å². The van der Waals surface area contributed by atoms with Crippen molar-refractivity contribution in [2.45, 2.75) is 26.3 Å². The first-order valence-corrected chi connectivity index (χ1v) is 7.88. The van der Waals surface area contributed by atoms with E-state index in [1.807, 2.05) is 12.1 Å². The number of rotatable bonds is 4. The fraction of sp³-hybridized carbons (Fsp3) is 0.375. The summed E-state index contributed by atoms with van der Waals surface area (Å²) in [5, 5.41) is 15.8. The highest BCUT2D eigenvalue weighted by molar-refractivity contribution is 5.48. The van der Waals surface area contributed by atoms with Gasteiger partial charge in [0.1, 0.15) is 5.75 Å². The van der Waals surface area contributed by atoms with Crippen LogP contribution in [0.2, 0.25) is 0 Å². The number of hydrogen-bond donors (Lipinski definition) is 0. The third kappa shape index (κ3) is 2.69. The lowest BCUT2D eigenvalue weighted by Crippen LogP contribution is -2.31. The first kappa shape index (κ1) is 13.9. The van der Waals surface area contributed by atoms with Gasteiger partial charge in [0.15, 0.2) is 11.5 Å². The Bertz CT molecular complexity index is 830. The van der Waals surface area contributed by atoms with E-state index in [0.717, 1.165) is 44.1 Å². The lowest BCUT2D eigenvalue weighted by atomic mass is 9.99. The lowest BCUT2D eigenvalue weighted by Gasteiger charge is -2.29. The number of tetrazole rings is 1. The highest BCUT2D eigenvalue weighted by Gasteiger charge is 2.18. The van der Waals surface area contributed by atoms with Crippen LogP contribution in [0.5, 0.6) is 5.75 Å². The molecule has 4 rings (SSSR count). The van der Waals surface area contributed by atoms with E-state index >= 15 is 0 Å². The first-order chi connectivity index (χ1) is 11.3. The van der Waals surface area contributed by atoms with Gasteiger partial charge < -0.3 is 9.64 Å². The second-order valence-electron chi connectivity index (χ2n) is 5.67. The highest BCUT2D eigenvalue weighted by atomic mass is 16.5. The van der Waals surface area contributed by atoms with Crippen LogP contribution in [0.25, 0.3) is 5.65 Å². The van der Waals surface area contributed by atoms with E-state index in [9.17, 15) is 0 Å². The zero-order valence-electron chi connectivity index (χ0n) is 13.0. The number of aromatic nitrogens is 5. The molecule has 0 unspecified atom stereocenters. The number of ether oxygens (including phenoxy) is 1. The molecule has 0 saturated carbocycles. The molecule has 0 saturated heterocycles. The molecule has 1 aliphatic heterocycles. The number of benzene rings is 1. The second kappa shape index (κ2) is 5.83. The lowest BCUT2D eigenvalue weighted by molar-refractivity contribution is 0.317. The molecule has 2 aromatic heterocycles. The van der Waals surface area contributed by atoms with E-state index < -0.39 is 0 Å². The molecule has 0 bridgehead atoms. The first-order valence-electron chi connectivity index (χ1n) is 7.88. The molecule has 1 aromatic carbocycles. The van der Waals surface area contributed by atoms with E-state index in [4.69, 9.17) is 4.74 Å². The molecule has 7 nitrogen and oxygen atoms in total.